The van der Waals surface area contributed by atoms with Crippen molar-refractivity contribution in [2.75, 3.05) is 0 Å². The van der Waals surface area contributed by atoms with E-state index in [1.54, 1.807) is 0 Å². The van der Waals surface area contributed by atoms with E-state index in [2.05, 4.69) is 25.9 Å². The molecule has 1 aromatic rings. The Balaban J connectivity index is 1.86. The molecule has 7 heteroatoms. The molecule has 1 aliphatic rings. The lowest BCUT2D eigenvalue weighted by Crippen LogP contribution is -2.47. The maximum absolute atomic E-state index is 11.2. The largest absolute Gasteiger partial charge is 0.393 e. The summed E-state index contributed by atoms with van der Waals surface area (Å²) in [5, 5.41) is 24.1. The van der Waals surface area contributed by atoms with Crippen LogP contribution in [-0.2, 0) is 0 Å². The van der Waals surface area contributed by atoms with Crippen LogP contribution >= 0.6 is 0 Å². The number of aliphatic hydroxyl groups is 1. The topological polar surface area (TPSA) is 104 Å². The summed E-state index contributed by atoms with van der Waals surface area (Å²) in [6.07, 6.45) is 0.920. The van der Waals surface area contributed by atoms with Crippen molar-refractivity contribution in [3.63, 3.8) is 0 Å². The Morgan fingerprint density at radius 1 is 1.62 bits per heavy atom. The number of aliphatic hydroxyl groups excluding tert-OH is 1. The highest BCUT2D eigenvalue weighted by Gasteiger charge is 2.29. The van der Waals surface area contributed by atoms with E-state index in [-0.39, 0.29) is 23.9 Å². The van der Waals surface area contributed by atoms with E-state index in [4.69, 9.17) is 5.11 Å². The second kappa shape index (κ2) is 3.09. The van der Waals surface area contributed by atoms with Crippen LogP contribution < -0.4 is 5.32 Å². The molecule has 1 heterocycles. The maximum Gasteiger partial charge on any atom is 0.293 e. The van der Waals surface area contributed by atoms with E-state index < -0.39 is 0 Å². The van der Waals surface area contributed by atoms with Crippen LogP contribution in [0.2, 0.25) is 0 Å². The Hall–Kier alpha value is -1.50. The molecule has 0 aromatic carbocycles. The van der Waals surface area contributed by atoms with E-state index in [0.29, 0.717) is 12.8 Å². The minimum atomic E-state index is -0.356. The predicted octanol–water partition coefficient (Wildman–Crippen LogP) is -1.55. The summed E-state index contributed by atoms with van der Waals surface area (Å²) < 4.78 is 0. The first kappa shape index (κ1) is 8.11. The molecule has 1 aromatic heterocycles. The first-order valence-corrected chi connectivity index (χ1v) is 3.98. The fraction of sp³-hybridized carbons (Fsp3) is 0.667. The number of tetrazole rings is 1. The summed E-state index contributed by atoms with van der Waals surface area (Å²) >= 11 is 0. The molecule has 2 rings (SSSR count). The van der Waals surface area contributed by atoms with Gasteiger partial charge in [-0.15, -0.1) is 10.2 Å². The van der Waals surface area contributed by atoms with E-state index >= 15 is 0 Å². The Morgan fingerprint density at radius 3 is 2.92 bits per heavy atom. The second-order valence-corrected chi connectivity index (χ2v) is 3.03. The van der Waals surface area contributed by atoms with Crippen molar-refractivity contribution in [1.82, 2.24) is 25.9 Å². The molecule has 0 aliphatic heterocycles. The molecular weight excluding hydrogens is 174 g/mol. The molecule has 1 fully saturated rings. The highest BCUT2D eigenvalue weighted by molar-refractivity contribution is 5.90. The van der Waals surface area contributed by atoms with Gasteiger partial charge in [0.25, 0.3) is 11.7 Å². The molecule has 0 unspecified atom stereocenters. The smallest absolute Gasteiger partial charge is 0.293 e. The standard InChI is InChI=1S/C6H9N5O2/c12-4-1-3(2-4)7-6(13)5-8-10-11-9-5/h3-4,12H,1-2H2,(H,7,13)(H,8,9,10,11). The zero-order valence-electron chi connectivity index (χ0n) is 6.77. The van der Waals surface area contributed by atoms with Crippen molar-refractivity contribution in [2.24, 2.45) is 0 Å². The summed E-state index contributed by atoms with van der Waals surface area (Å²) in [7, 11) is 0. The van der Waals surface area contributed by atoms with E-state index in [1.807, 2.05) is 0 Å². The summed E-state index contributed by atoms with van der Waals surface area (Å²) in [6.45, 7) is 0. The Bertz CT molecular complexity index is 292. The number of amides is 1. The summed E-state index contributed by atoms with van der Waals surface area (Å²) in [5.41, 5.74) is 0. The lowest BCUT2D eigenvalue weighted by molar-refractivity contribution is 0.0558. The molecule has 0 bridgehead atoms. The van der Waals surface area contributed by atoms with Crippen molar-refractivity contribution in [1.29, 1.82) is 0 Å². The molecule has 3 N–H and O–H groups in total. The van der Waals surface area contributed by atoms with Crippen molar-refractivity contribution < 1.29 is 9.90 Å². The van der Waals surface area contributed by atoms with Gasteiger partial charge in [0.15, 0.2) is 0 Å². The van der Waals surface area contributed by atoms with Gasteiger partial charge in [0.1, 0.15) is 0 Å². The van der Waals surface area contributed by atoms with Crippen LogP contribution in [0.3, 0.4) is 0 Å². The third-order valence-corrected chi connectivity index (χ3v) is 2.00. The average molecular weight is 183 g/mol. The van der Waals surface area contributed by atoms with Gasteiger partial charge in [0, 0.05) is 6.04 Å². The van der Waals surface area contributed by atoms with Gasteiger partial charge >= 0.3 is 0 Å². The fourth-order valence-corrected chi connectivity index (χ4v) is 1.21. The molecule has 1 amide bonds. The first-order chi connectivity index (χ1) is 6.25. The van der Waals surface area contributed by atoms with Crippen molar-refractivity contribution in [3.05, 3.63) is 5.82 Å². The maximum atomic E-state index is 11.2. The van der Waals surface area contributed by atoms with Crippen LogP contribution in [-0.4, -0.2) is 43.8 Å². The summed E-state index contributed by atoms with van der Waals surface area (Å²) in [4.78, 5) is 11.2. The van der Waals surface area contributed by atoms with Gasteiger partial charge in [0.2, 0.25) is 0 Å². The zero-order valence-corrected chi connectivity index (χ0v) is 6.77. The minimum absolute atomic E-state index is 0.0291. The van der Waals surface area contributed by atoms with Gasteiger partial charge in [-0.3, -0.25) is 4.79 Å². The van der Waals surface area contributed by atoms with Gasteiger partial charge in [-0.05, 0) is 18.1 Å². The lowest BCUT2D eigenvalue weighted by atomic mass is 9.89. The quantitative estimate of drug-likeness (QED) is 0.515. The van der Waals surface area contributed by atoms with Gasteiger partial charge in [0.05, 0.1) is 6.10 Å². The number of carbonyl (C=O) groups excluding carboxylic acids is 1. The molecule has 13 heavy (non-hydrogen) atoms. The molecule has 70 valence electrons. The second-order valence-electron chi connectivity index (χ2n) is 3.03. The van der Waals surface area contributed by atoms with Gasteiger partial charge in [-0.1, -0.05) is 0 Å². The lowest BCUT2D eigenvalue weighted by Gasteiger charge is -2.31. The van der Waals surface area contributed by atoms with E-state index in [1.165, 1.54) is 0 Å². The number of aromatic amines is 1. The number of hydrogen-bond donors (Lipinski definition) is 3. The molecule has 0 spiro atoms. The Labute approximate surface area is 73.5 Å². The number of rotatable bonds is 2. The number of aromatic nitrogens is 4. The van der Waals surface area contributed by atoms with E-state index in [9.17, 15) is 4.79 Å². The van der Waals surface area contributed by atoms with Crippen LogP contribution in [0.4, 0.5) is 0 Å². The average Bonchev–Trinajstić information content (AvgIpc) is 2.53. The minimum Gasteiger partial charge on any atom is -0.393 e. The SMILES string of the molecule is O=C(NC1CC(O)C1)c1nn[nH]n1. The number of hydrogen-bond acceptors (Lipinski definition) is 5. The highest BCUT2D eigenvalue weighted by atomic mass is 16.3. The van der Waals surface area contributed by atoms with Crippen molar-refractivity contribution in [3.8, 4) is 0 Å². The zero-order chi connectivity index (χ0) is 9.26. The fourth-order valence-electron chi connectivity index (χ4n) is 1.21. The monoisotopic (exact) mass is 183 g/mol. The third kappa shape index (κ3) is 1.64. The Morgan fingerprint density at radius 2 is 2.38 bits per heavy atom. The molecule has 0 saturated heterocycles. The Kier molecular flexibility index (Phi) is 1.93. The molecule has 1 saturated carbocycles. The number of nitrogens with one attached hydrogen (secondary N) is 2. The van der Waals surface area contributed by atoms with Crippen molar-refractivity contribution in [2.45, 2.75) is 25.0 Å². The number of carbonyl (C=O) groups is 1. The van der Waals surface area contributed by atoms with Crippen molar-refractivity contribution >= 4 is 5.91 Å². The predicted molar refractivity (Wildman–Crippen MR) is 40.7 cm³/mol. The number of nitrogens with zero attached hydrogens (tertiary/aromatic N) is 3. The van der Waals surface area contributed by atoms with Crippen LogP contribution in [0.15, 0.2) is 0 Å². The van der Waals surface area contributed by atoms with Gasteiger partial charge in [-0.25, -0.2) is 0 Å². The first-order valence-electron chi connectivity index (χ1n) is 3.98. The van der Waals surface area contributed by atoms with Gasteiger partial charge in [-0.2, -0.15) is 5.21 Å². The van der Waals surface area contributed by atoms with Gasteiger partial charge < -0.3 is 10.4 Å². The highest BCUT2D eigenvalue weighted by Crippen LogP contribution is 2.19. The third-order valence-electron chi connectivity index (χ3n) is 2.00. The molecule has 7 nitrogen and oxygen atoms in total. The van der Waals surface area contributed by atoms with E-state index in [0.717, 1.165) is 0 Å². The number of H-pyrrole nitrogens is 1. The summed E-state index contributed by atoms with van der Waals surface area (Å²) in [5.74, 6) is -0.327. The normalized spacial score (nSPS) is 26.5. The van der Waals surface area contributed by atoms with Crippen LogP contribution in [0.25, 0.3) is 0 Å². The molecule has 0 atom stereocenters. The summed E-state index contributed by atoms with van der Waals surface area (Å²) in [6, 6.07) is 0.0426. The molecule has 1 aliphatic carbocycles. The van der Waals surface area contributed by atoms with Crippen LogP contribution in [0.5, 0.6) is 0 Å². The van der Waals surface area contributed by atoms with Crippen LogP contribution in [0, 0.1) is 0 Å². The molecule has 0 radical (unpaired) electrons. The van der Waals surface area contributed by atoms with Crippen LogP contribution in [0.1, 0.15) is 23.5 Å². The molecular formula is C6H9N5O2.